The molecule has 1 aliphatic rings. The number of hydrogen-bond donors (Lipinski definition) is 1. The summed E-state index contributed by atoms with van der Waals surface area (Å²) in [4.78, 5) is 2.45. The Morgan fingerprint density at radius 2 is 1.79 bits per heavy atom. The van der Waals surface area contributed by atoms with Crippen LogP contribution < -0.4 is 5.32 Å². The van der Waals surface area contributed by atoms with Crippen molar-refractivity contribution in [2.45, 2.75) is 0 Å². The van der Waals surface area contributed by atoms with E-state index in [0.29, 0.717) is 0 Å². The summed E-state index contributed by atoms with van der Waals surface area (Å²) in [5, 5.41) is 6.14. The predicted octanol–water partition coefficient (Wildman–Crippen LogP) is 2.58. The minimum Gasteiger partial charge on any atom is -0.383 e. The molecule has 0 saturated carbocycles. The molecule has 3 rings (SSSR count). The standard InChI is InChI=1S/C16H20N2O/c1-2-6-15-14(4-1)5-3-7-16(15)17-8-9-18-10-12-19-13-11-18/h1-7,17H,8-13H2. The van der Waals surface area contributed by atoms with Crippen LogP contribution in [0.25, 0.3) is 10.8 Å². The zero-order chi connectivity index (χ0) is 12.9. The smallest absolute Gasteiger partial charge is 0.0594 e. The molecule has 0 amide bonds. The van der Waals surface area contributed by atoms with Gasteiger partial charge in [-0.05, 0) is 11.5 Å². The first-order valence-electron chi connectivity index (χ1n) is 6.95. The quantitative estimate of drug-likeness (QED) is 0.910. The van der Waals surface area contributed by atoms with E-state index in [1.54, 1.807) is 0 Å². The number of anilines is 1. The normalized spacial score (nSPS) is 16.6. The van der Waals surface area contributed by atoms with Gasteiger partial charge in [0.25, 0.3) is 0 Å². The highest BCUT2D eigenvalue weighted by atomic mass is 16.5. The van der Waals surface area contributed by atoms with Crippen LogP contribution in [0.2, 0.25) is 0 Å². The molecule has 2 aromatic carbocycles. The maximum atomic E-state index is 5.36. The van der Waals surface area contributed by atoms with Gasteiger partial charge < -0.3 is 10.1 Å². The summed E-state index contributed by atoms with van der Waals surface area (Å²) >= 11 is 0. The molecule has 1 fully saturated rings. The van der Waals surface area contributed by atoms with E-state index in [1.165, 1.54) is 16.5 Å². The third-order valence-electron chi connectivity index (χ3n) is 3.64. The zero-order valence-corrected chi connectivity index (χ0v) is 11.1. The van der Waals surface area contributed by atoms with Gasteiger partial charge in [0.15, 0.2) is 0 Å². The van der Waals surface area contributed by atoms with Gasteiger partial charge in [0.2, 0.25) is 0 Å². The number of nitrogens with one attached hydrogen (secondary N) is 1. The summed E-state index contributed by atoms with van der Waals surface area (Å²) in [6, 6.07) is 14.9. The van der Waals surface area contributed by atoms with Crippen molar-refractivity contribution in [3.8, 4) is 0 Å². The minimum atomic E-state index is 0.869. The molecular weight excluding hydrogens is 236 g/mol. The Kier molecular flexibility index (Phi) is 3.96. The summed E-state index contributed by atoms with van der Waals surface area (Å²) in [6.07, 6.45) is 0. The van der Waals surface area contributed by atoms with E-state index >= 15 is 0 Å². The molecule has 0 bridgehead atoms. The largest absolute Gasteiger partial charge is 0.383 e. The van der Waals surface area contributed by atoms with Gasteiger partial charge >= 0.3 is 0 Å². The second-order valence-corrected chi connectivity index (χ2v) is 4.91. The molecule has 3 nitrogen and oxygen atoms in total. The molecule has 1 aliphatic heterocycles. The van der Waals surface area contributed by atoms with E-state index in [9.17, 15) is 0 Å². The van der Waals surface area contributed by atoms with Crippen LogP contribution in [0.1, 0.15) is 0 Å². The topological polar surface area (TPSA) is 24.5 Å². The molecule has 0 atom stereocenters. The molecule has 1 heterocycles. The number of ether oxygens (including phenoxy) is 1. The van der Waals surface area contributed by atoms with E-state index in [1.807, 2.05) is 0 Å². The summed E-state index contributed by atoms with van der Waals surface area (Å²) in [5.41, 5.74) is 1.23. The fourth-order valence-corrected chi connectivity index (χ4v) is 2.55. The molecule has 19 heavy (non-hydrogen) atoms. The number of nitrogens with zero attached hydrogens (tertiary/aromatic N) is 1. The third kappa shape index (κ3) is 3.06. The molecule has 2 aromatic rings. The summed E-state index contributed by atoms with van der Waals surface area (Å²) in [6.45, 7) is 5.90. The second-order valence-electron chi connectivity index (χ2n) is 4.91. The Morgan fingerprint density at radius 3 is 2.68 bits per heavy atom. The van der Waals surface area contributed by atoms with Crippen molar-refractivity contribution in [2.75, 3.05) is 44.7 Å². The van der Waals surface area contributed by atoms with Crippen LogP contribution in [0, 0.1) is 0 Å². The average Bonchev–Trinajstić information content (AvgIpc) is 2.49. The molecule has 0 unspecified atom stereocenters. The van der Waals surface area contributed by atoms with Crippen LogP contribution in [-0.4, -0.2) is 44.3 Å². The Bertz CT molecular complexity index is 530. The molecule has 0 radical (unpaired) electrons. The fourth-order valence-electron chi connectivity index (χ4n) is 2.55. The molecule has 1 saturated heterocycles. The van der Waals surface area contributed by atoms with E-state index in [-0.39, 0.29) is 0 Å². The predicted molar refractivity (Wildman–Crippen MR) is 79.7 cm³/mol. The molecular formula is C16H20N2O. The van der Waals surface area contributed by atoms with Crippen molar-refractivity contribution in [3.05, 3.63) is 42.5 Å². The minimum absolute atomic E-state index is 0.869. The molecule has 0 spiro atoms. The van der Waals surface area contributed by atoms with E-state index < -0.39 is 0 Å². The summed E-state index contributed by atoms with van der Waals surface area (Å²) in [5.74, 6) is 0. The van der Waals surface area contributed by atoms with Crippen LogP contribution in [0.15, 0.2) is 42.5 Å². The number of benzene rings is 2. The molecule has 0 aliphatic carbocycles. The Morgan fingerprint density at radius 1 is 1.00 bits per heavy atom. The highest BCUT2D eigenvalue weighted by Crippen LogP contribution is 2.22. The van der Waals surface area contributed by atoms with Gasteiger partial charge in [-0.25, -0.2) is 0 Å². The van der Waals surface area contributed by atoms with Crippen molar-refractivity contribution >= 4 is 16.5 Å². The first-order valence-corrected chi connectivity index (χ1v) is 6.95. The maximum Gasteiger partial charge on any atom is 0.0594 e. The third-order valence-corrected chi connectivity index (χ3v) is 3.64. The lowest BCUT2D eigenvalue weighted by Crippen LogP contribution is -2.39. The molecule has 100 valence electrons. The van der Waals surface area contributed by atoms with Crippen molar-refractivity contribution < 1.29 is 4.74 Å². The lowest BCUT2D eigenvalue weighted by Gasteiger charge is -2.26. The van der Waals surface area contributed by atoms with Crippen molar-refractivity contribution in [2.24, 2.45) is 0 Å². The van der Waals surface area contributed by atoms with Gasteiger partial charge in [-0.2, -0.15) is 0 Å². The van der Waals surface area contributed by atoms with Crippen molar-refractivity contribution in [1.82, 2.24) is 4.90 Å². The first kappa shape index (κ1) is 12.5. The Labute approximate surface area is 114 Å². The lowest BCUT2D eigenvalue weighted by atomic mass is 10.1. The SMILES string of the molecule is c1ccc2c(NCCN3CCOCC3)cccc2c1. The van der Waals surface area contributed by atoms with Gasteiger partial charge in [-0.1, -0.05) is 36.4 Å². The highest BCUT2D eigenvalue weighted by molar-refractivity contribution is 5.93. The van der Waals surface area contributed by atoms with E-state index in [2.05, 4.69) is 52.7 Å². The van der Waals surface area contributed by atoms with E-state index in [0.717, 1.165) is 39.4 Å². The van der Waals surface area contributed by atoms with Gasteiger partial charge in [0.05, 0.1) is 13.2 Å². The van der Waals surface area contributed by atoms with Crippen molar-refractivity contribution in [3.63, 3.8) is 0 Å². The number of fused-ring (bicyclic) bond motifs is 1. The highest BCUT2D eigenvalue weighted by Gasteiger charge is 2.09. The van der Waals surface area contributed by atoms with Crippen molar-refractivity contribution in [1.29, 1.82) is 0 Å². The lowest BCUT2D eigenvalue weighted by molar-refractivity contribution is 0.0398. The molecule has 1 N–H and O–H groups in total. The number of hydrogen-bond acceptors (Lipinski definition) is 3. The van der Waals surface area contributed by atoms with Crippen LogP contribution in [0.3, 0.4) is 0 Å². The van der Waals surface area contributed by atoms with Crippen LogP contribution >= 0.6 is 0 Å². The van der Waals surface area contributed by atoms with Crippen LogP contribution in [-0.2, 0) is 4.74 Å². The van der Waals surface area contributed by atoms with Gasteiger partial charge in [-0.15, -0.1) is 0 Å². The van der Waals surface area contributed by atoms with Gasteiger partial charge in [0.1, 0.15) is 0 Å². The molecule has 3 heteroatoms. The van der Waals surface area contributed by atoms with Crippen LogP contribution in [0.4, 0.5) is 5.69 Å². The molecule has 0 aromatic heterocycles. The van der Waals surface area contributed by atoms with E-state index in [4.69, 9.17) is 4.74 Å². The average molecular weight is 256 g/mol. The Balaban J connectivity index is 1.62. The van der Waals surface area contributed by atoms with Crippen LogP contribution in [0.5, 0.6) is 0 Å². The monoisotopic (exact) mass is 256 g/mol. The number of rotatable bonds is 4. The Hall–Kier alpha value is -1.58. The summed E-state index contributed by atoms with van der Waals surface area (Å²) in [7, 11) is 0. The maximum absolute atomic E-state index is 5.36. The van der Waals surface area contributed by atoms with Gasteiger partial charge in [-0.3, -0.25) is 4.90 Å². The van der Waals surface area contributed by atoms with Gasteiger partial charge in [0, 0.05) is 37.3 Å². The number of morpholine rings is 1. The second kappa shape index (κ2) is 6.04. The fraction of sp³-hybridized carbons (Fsp3) is 0.375. The first-order chi connectivity index (χ1) is 9.43. The summed E-state index contributed by atoms with van der Waals surface area (Å²) < 4.78 is 5.36. The zero-order valence-electron chi connectivity index (χ0n) is 11.1.